The summed E-state index contributed by atoms with van der Waals surface area (Å²) < 4.78 is 24.0. The van der Waals surface area contributed by atoms with E-state index in [4.69, 9.17) is 9.47 Å². The van der Waals surface area contributed by atoms with Crippen molar-refractivity contribution in [1.82, 2.24) is 0 Å². The lowest BCUT2D eigenvalue weighted by atomic mass is 9.97. The van der Waals surface area contributed by atoms with E-state index in [-0.39, 0.29) is 18.1 Å². The Kier molecular flexibility index (Phi) is 4.10. The quantitative estimate of drug-likeness (QED) is 0.800. The molecule has 4 nitrogen and oxygen atoms in total. The molecule has 1 aromatic carbocycles. The number of hydrogen-bond acceptors (Lipinski definition) is 4. The molecule has 0 amide bonds. The number of carbonyl (C=O) groups is 2. The molecule has 0 N–H and O–H groups in total. The zero-order valence-corrected chi connectivity index (χ0v) is 12.5. The third kappa shape index (κ3) is 2.95. The summed E-state index contributed by atoms with van der Waals surface area (Å²) in [5.74, 6) is -1.67. The second-order valence-corrected chi connectivity index (χ2v) is 5.19. The number of ether oxygens (including phenoxy) is 2. The van der Waals surface area contributed by atoms with Gasteiger partial charge in [0.15, 0.2) is 0 Å². The molecule has 0 fully saturated rings. The van der Waals surface area contributed by atoms with Crippen LogP contribution in [0.4, 0.5) is 4.39 Å². The summed E-state index contributed by atoms with van der Waals surface area (Å²) in [6.07, 6.45) is 4.29. The molecule has 1 unspecified atom stereocenters. The van der Waals surface area contributed by atoms with Gasteiger partial charge in [0.2, 0.25) is 0 Å². The normalized spacial score (nSPS) is 21.4. The second kappa shape index (κ2) is 6.20. The third-order valence-corrected chi connectivity index (χ3v) is 3.69. The first kappa shape index (κ1) is 15.2. The Bertz CT molecular complexity index is 758. The largest absolute Gasteiger partial charge is 0.462 e. The number of cyclic esters (lactones) is 1. The van der Waals surface area contributed by atoms with Gasteiger partial charge < -0.3 is 9.47 Å². The number of benzene rings is 1. The number of esters is 2. The molecule has 118 valence electrons. The molecule has 23 heavy (non-hydrogen) atoms. The molecule has 0 bridgehead atoms. The second-order valence-electron chi connectivity index (χ2n) is 5.19. The topological polar surface area (TPSA) is 52.6 Å². The Labute approximate surface area is 132 Å². The van der Waals surface area contributed by atoms with Crippen LogP contribution in [0, 0.1) is 0 Å². The van der Waals surface area contributed by atoms with Crippen molar-refractivity contribution >= 4 is 11.9 Å². The first-order valence-corrected chi connectivity index (χ1v) is 7.35. The highest BCUT2D eigenvalue weighted by atomic mass is 19.1. The van der Waals surface area contributed by atoms with Crippen molar-refractivity contribution in [3.05, 3.63) is 70.6 Å². The van der Waals surface area contributed by atoms with E-state index in [2.05, 4.69) is 0 Å². The summed E-state index contributed by atoms with van der Waals surface area (Å²) in [4.78, 5) is 23.6. The first-order valence-electron chi connectivity index (χ1n) is 7.35. The standard InChI is InChI=1S/C18H15FO4/c1-2-22-17(20)14-9-11(7-8-15(14)19)10-16-12-5-3-4-6-13(12)18(21)23-16/h3-6,8-10,16H,2,7H2,1H3. The maximum Gasteiger partial charge on any atom is 0.341 e. The molecule has 1 heterocycles. The third-order valence-electron chi connectivity index (χ3n) is 3.69. The van der Waals surface area contributed by atoms with Gasteiger partial charge in [-0.1, -0.05) is 18.2 Å². The highest BCUT2D eigenvalue weighted by molar-refractivity contribution is 5.95. The summed E-state index contributed by atoms with van der Waals surface area (Å²) in [7, 11) is 0. The zero-order chi connectivity index (χ0) is 16.4. The summed E-state index contributed by atoms with van der Waals surface area (Å²) in [6.45, 7) is 1.84. The highest BCUT2D eigenvalue weighted by Crippen LogP contribution is 2.34. The summed E-state index contributed by atoms with van der Waals surface area (Å²) in [5, 5.41) is 0. The van der Waals surface area contributed by atoms with Crippen molar-refractivity contribution in [3.8, 4) is 0 Å². The SMILES string of the molecule is CCOC(=O)C1=CC(=CC2OC(=O)c3ccccc32)CC=C1F. The molecule has 1 aromatic rings. The average molecular weight is 314 g/mol. The van der Waals surface area contributed by atoms with Gasteiger partial charge in [-0.2, -0.15) is 0 Å². The number of hydrogen-bond donors (Lipinski definition) is 0. The van der Waals surface area contributed by atoms with Crippen LogP contribution >= 0.6 is 0 Å². The number of rotatable bonds is 3. The zero-order valence-electron chi connectivity index (χ0n) is 12.5. The fourth-order valence-electron chi connectivity index (χ4n) is 2.60. The smallest absolute Gasteiger partial charge is 0.341 e. The summed E-state index contributed by atoms with van der Waals surface area (Å²) >= 11 is 0. The lowest BCUT2D eigenvalue weighted by Gasteiger charge is -2.13. The molecule has 1 atom stereocenters. The van der Waals surface area contributed by atoms with Gasteiger partial charge in [-0.3, -0.25) is 0 Å². The number of carbonyl (C=O) groups excluding carboxylic acids is 2. The van der Waals surface area contributed by atoms with E-state index in [9.17, 15) is 14.0 Å². The van der Waals surface area contributed by atoms with Gasteiger partial charge in [0.05, 0.1) is 17.7 Å². The molecule has 1 aliphatic carbocycles. The fourth-order valence-corrected chi connectivity index (χ4v) is 2.60. The minimum atomic E-state index is -0.698. The maximum atomic E-state index is 13.8. The van der Waals surface area contributed by atoms with Crippen LogP contribution in [0.15, 0.2) is 59.5 Å². The molecule has 0 saturated heterocycles. The molecular formula is C18H15FO4. The van der Waals surface area contributed by atoms with Crippen LogP contribution in [0.1, 0.15) is 35.4 Å². The van der Waals surface area contributed by atoms with E-state index in [0.29, 0.717) is 17.6 Å². The van der Waals surface area contributed by atoms with Crippen LogP contribution in [-0.2, 0) is 14.3 Å². The van der Waals surface area contributed by atoms with Crippen LogP contribution < -0.4 is 0 Å². The van der Waals surface area contributed by atoms with Gasteiger partial charge in [0.25, 0.3) is 0 Å². The van der Waals surface area contributed by atoms with Gasteiger partial charge in [-0.25, -0.2) is 14.0 Å². The van der Waals surface area contributed by atoms with Crippen molar-refractivity contribution in [2.24, 2.45) is 0 Å². The summed E-state index contributed by atoms with van der Waals surface area (Å²) in [5.41, 5.74) is 1.89. The highest BCUT2D eigenvalue weighted by Gasteiger charge is 2.29. The Morgan fingerprint density at radius 2 is 2.22 bits per heavy atom. The molecule has 2 aliphatic rings. The minimum absolute atomic E-state index is 0.109. The lowest BCUT2D eigenvalue weighted by molar-refractivity contribution is -0.138. The minimum Gasteiger partial charge on any atom is -0.462 e. The van der Waals surface area contributed by atoms with Crippen LogP contribution in [0.25, 0.3) is 0 Å². The molecule has 0 saturated carbocycles. The predicted molar refractivity (Wildman–Crippen MR) is 81.2 cm³/mol. The molecule has 5 heteroatoms. The van der Waals surface area contributed by atoms with Crippen molar-refractivity contribution in [1.29, 1.82) is 0 Å². The number of fused-ring (bicyclic) bond motifs is 1. The van der Waals surface area contributed by atoms with Crippen molar-refractivity contribution in [3.63, 3.8) is 0 Å². The fraction of sp³-hybridized carbons (Fsp3) is 0.222. The molecule has 0 radical (unpaired) electrons. The van der Waals surface area contributed by atoms with Crippen LogP contribution in [0.3, 0.4) is 0 Å². The van der Waals surface area contributed by atoms with Crippen molar-refractivity contribution < 1.29 is 23.5 Å². The van der Waals surface area contributed by atoms with E-state index >= 15 is 0 Å². The van der Waals surface area contributed by atoms with E-state index in [1.54, 1.807) is 25.1 Å². The number of allylic oxidation sites excluding steroid dienone is 3. The van der Waals surface area contributed by atoms with E-state index in [1.165, 1.54) is 12.2 Å². The molecule has 0 spiro atoms. The van der Waals surface area contributed by atoms with E-state index < -0.39 is 17.9 Å². The van der Waals surface area contributed by atoms with E-state index in [0.717, 1.165) is 5.56 Å². The molecule has 1 aliphatic heterocycles. The van der Waals surface area contributed by atoms with Crippen LogP contribution in [0.2, 0.25) is 0 Å². The molecule has 3 rings (SSSR count). The molecular weight excluding hydrogens is 299 g/mol. The van der Waals surface area contributed by atoms with E-state index in [1.807, 2.05) is 12.1 Å². The lowest BCUT2D eigenvalue weighted by Crippen LogP contribution is -2.10. The average Bonchev–Trinajstić information content (AvgIpc) is 2.86. The predicted octanol–water partition coefficient (Wildman–Crippen LogP) is 3.57. The van der Waals surface area contributed by atoms with Crippen LogP contribution in [-0.4, -0.2) is 18.5 Å². The Morgan fingerprint density at radius 1 is 1.43 bits per heavy atom. The van der Waals surface area contributed by atoms with Gasteiger partial charge in [0.1, 0.15) is 11.9 Å². The summed E-state index contributed by atoms with van der Waals surface area (Å²) in [6, 6.07) is 7.12. The Balaban J connectivity index is 1.89. The van der Waals surface area contributed by atoms with Gasteiger partial charge in [-0.15, -0.1) is 0 Å². The Hall–Kier alpha value is -2.69. The monoisotopic (exact) mass is 314 g/mol. The van der Waals surface area contributed by atoms with Gasteiger partial charge in [-0.05, 0) is 43.2 Å². The maximum absolute atomic E-state index is 13.8. The van der Waals surface area contributed by atoms with Crippen LogP contribution in [0.5, 0.6) is 0 Å². The van der Waals surface area contributed by atoms with Crippen molar-refractivity contribution in [2.75, 3.05) is 6.61 Å². The van der Waals surface area contributed by atoms with Crippen molar-refractivity contribution in [2.45, 2.75) is 19.4 Å². The van der Waals surface area contributed by atoms with Gasteiger partial charge in [0, 0.05) is 5.56 Å². The number of halogens is 1. The Morgan fingerprint density at radius 3 is 3.00 bits per heavy atom. The first-order chi connectivity index (χ1) is 11.1. The molecule has 0 aromatic heterocycles. The van der Waals surface area contributed by atoms with Gasteiger partial charge >= 0.3 is 11.9 Å².